The van der Waals surface area contributed by atoms with E-state index < -0.39 is 0 Å². The van der Waals surface area contributed by atoms with Gasteiger partial charge in [0.15, 0.2) is 0 Å². The number of carbonyl (C=O) groups excluding carboxylic acids is 1. The molecule has 0 saturated carbocycles. The molecule has 0 atom stereocenters. The summed E-state index contributed by atoms with van der Waals surface area (Å²) in [4.78, 5) is 19.4. The van der Waals surface area contributed by atoms with Crippen LogP contribution in [0.2, 0.25) is 5.02 Å². The molecule has 1 saturated heterocycles. The molecule has 5 nitrogen and oxygen atoms in total. The summed E-state index contributed by atoms with van der Waals surface area (Å²) in [6.07, 6.45) is 5.71. The molecule has 1 aliphatic heterocycles. The largest absolute Gasteiger partial charge is 0.338 e. The normalized spacial score (nSPS) is 15.9. The molecule has 0 spiro atoms. The van der Waals surface area contributed by atoms with Crippen molar-refractivity contribution in [3.8, 4) is 0 Å². The number of halogens is 1. The van der Waals surface area contributed by atoms with E-state index in [1.165, 1.54) is 0 Å². The Morgan fingerprint density at radius 1 is 1.24 bits per heavy atom. The van der Waals surface area contributed by atoms with Crippen molar-refractivity contribution < 1.29 is 4.79 Å². The number of carbonyl (C=O) groups is 1. The van der Waals surface area contributed by atoms with Crippen LogP contribution in [-0.4, -0.2) is 38.0 Å². The van der Waals surface area contributed by atoms with Crippen molar-refractivity contribution in [3.63, 3.8) is 0 Å². The van der Waals surface area contributed by atoms with Crippen LogP contribution in [0.25, 0.3) is 10.9 Å². The second-order valence-corrected chi connectivity index (χ2v) is 7.14. The Morgan fingerprint density at radius 2 is 2.00 bits per heavy atom. The Hall–Kier alpha value is -2.27. The van der Waals surface area contributed by atoms with Gasteiger partial charge in [-0.15, -0.1) is 0 Å². The Bertz CT molecular complexity index is 934. The highest BCUT2D eigenvalue weighted by atomic mass is 35.5. The van der Waals surface area contributed by atoms with Crippen LogP contribution in [0.5, 0.6) is 0 Å². The Labute approximate surface area is 151 Å². The lowest BCUT2D eigenvalue weighted by molar-refractivity contribution is 0.0701. The highest BCUT2D eigenvalue weighted by molar-refractivity contribution is 6.35. The molecule has 0 aliphatic carbocycles. The van der Waals surface area contributed by atoms with E-state index in [0.717, 1.165) is 42.7 Å². The van der Waals surface area contributed by atoms with Crippen molar-refractivity contribution in [1.29, 1.82) is 0 Å². The molecule has 4 rings (SSSR count). The van der Waals surface area contributed by atoms with Crippen molar-refractivity contribution in [2.45, 2.75) is 18.8 Å². The number of imidazole rings is 1. The maximum atomic E-state index is 13.0. The maximum absolute atomic E-state index is 13.0. The molecule has 1 aliphatic rings. The van der Waals surface area contributed by atoms with Gasteiger partial charge in [0.2, 0.25) is 0 Å². The number of benzene rings is 1. The summed E-state index contributed by atoms with van der Waals surface area (Å²) in [7, 11) is 3.93. The molecule has 25 heavy (non-hydrogen) atoms. The van der Waals surface area contributed by atoms with Gasteiger partial charge < -0.3 is 14.0 Å². The Kier molecular flexibility index (Phi) is 4.04. The van der Waals surface area contributed by atoms with Crippen molar-refractivity contribution in [3.05, 3.63) is 53.2 Å². The summed E-state index contributed by atoms with van der Waals surface area (Å²) in [5, 5.41) is 1.67. The second kappa shape index (κ2) is 6.23. The first-order valence-electron chi connectivity index (χ1n) is 8.56. The summed E-state index contributed by atoms with van der Waals surface area (Å²) in [5.74, 6) is 1.61. The first-order valence-corrected chi connectivity index (χ1v) is 8.94. The lowest BCUT2D eigenvalue weighted by atomic mass is 9.95. The molecule has 0 N–H and O–H groups in total. The van der Waals surface area contributed by atoms with E-state index in [2.05, 4.69) is 9.55 Å². The standard InChI is InChI=1S/C19H21ClN4O/c1-22-11-8-21-18(22)13-6-9-24(10-7-13)19(25)16-12-14-4-3-5-15(20)17(14)23(16)2/h3-5,8,11-13H,6-7,9-10H2,1-2H3. The highest BCUT2D eigenvalue weighted by Crippen LogP contribution is 2.30. The minimum Gasteiger partial charge on any atom is -0.338 e. The van der Waals surface area contributed by atoms with Gasteiger partial charge in [-0.05, 0) is 25.0 Å². The third kappa shape index (κ3) is 2.72. The number of piperidine rings is 1. The van der Waals surface area contributed by atoms with E-state index in [0.29, 0.717) is 16.6 Å². The fourth-order valence-electron chi connectivity index (χ4n) is 3.85. The van der Waals surface area contributed by atoms with Crippen LogP contribution in [0.1, 0.15) is 35.1 Å². The quantitative estimate of drug-likeness (QED) is 0.704. The van der Waals surface area contributed by atoms with Crippen LogP contribution in [0.15, 0.2) is 36.7 Å². The zero-order chi connectivity index (χ0) is 17.6. The topological polar surface area (TPSA) is 43.1 Å². The van der Waals surface area contributed by atoms with Crippen LogP contribution in [0.4, 0.5) is 0 Å². The van der Waals surface area contributed by atoms with Crippen molar-refractivity contribution >= 4 is 28.4 Å². The van der Waals surface area contributed by atoms with Gasteiger partial charge in [0.25, 0.3) is 5.91 Å². The van der Waals surface area contributed by atoms with Gasteiger partial charge in [-0.1, -0.05) is 23.7 Å². The number of hydrogen-bond acceptors (Lipinski definition) is 2. The predicted octanol–water partition coefficient (Wildman–Crippen LogP) is 3.59. The predicted molar refractivity (Wildman–Crippen MR) is 99.0 cm³/mol. The average Bonchev–Trinajstić information content (AvgIpc) is 3.19. The molecule has 0 unspecified atom stereocenters. The molecule has 3 heterocycles. The molecule has 3 aromatic rings. The fourth-order valence-corrected chi connectivity index (χ4v) is 4.15. The van der Waals surface area contributed by atoms with Crippen molar-refractivity contribution in [2.24, 2.45) is 14.1 Å². The number of para-hydroxylation sites is 1. The number of aromatic nitrogens is 3. The van der Waals surface area contributed by atoms with Crippen LogP contribution >= 0.6 is 11.6 Å². The summed E-state index contributed by atoms with van der Waals surface area (Å²) in [6, 6.07) is 7.70. The smallest absolute Gasteiger partial charge is 0.270 e. The molecular formula is C19H21ClN4O. The number of fused-ring (bicyclic) bond motifs is 1. The average molecular weight is 357 g/mol. The fraction of sp³-hybridized carbons (Fsp3) is 0.368. The number of rotatable bonds is 2. The molecule has 1 aromatic carbocycles. The monoisotopic (exact) mass is 356 g/mol. The van der Waals surface area contributed by atoms with Crippen LogP contribution in [0, 0.1) is 0 Å². The van der Waals surface area contributed by atoms with Gasteiger partial charge in [-0.2, -0.15) is 0 Å². The van der Waals surface area contributed by atoms with E-state index >= 15 is 0 Å². The van der Waals surface area contributed by atoms with Gasteiger partial charge in [-0.25, -0.2) is 4.98 Å². The van der Waals surface area contributed by atoms with Crippen molar-refractivity contribution in [2.75, 3.05) is 13.1 Å². The summed E-state index contributed by atoms with van der Waals surface area (Å²) in [5.41, 5.74) is 1.61. The third-order valence-electron chi connectivity index (χ3n) is 5.23. The first-order chi connectivity index (χ1) is 12.1. The van der Waals surface area contributed by atoms with E-state index in [1.807, 2.05) is 60.2 Å². The number of likely N-dealkylation sites (tertiary alicyclic amines) is 1. The lowest BCUT2D eigenvalue weighted by Crippen LogP contribution is -2.39. The van der Waals surface area contributed by atoms with Crippen LogP contribution < -0.4 is 0 Å². The minimum absolute atomic E-state index is 0.0769. The third-order valence-corrected chi connectivity index (χ3v) is 5.54. The van der Waals surface area contributed by atoms with E-state index in [1.54, 1.807) is 0 Å². The van der Waals surface area contributed by atoms with E-state index in [9.17, 15) is 4.79 Å². The number of nitrogens with zero attached hydrogens (tertiary/aromatic N) is 4. The van der Waals surface area contributed by atoms with Crippen LogP contribution in [0.3, 0.4) is 0 Å². The molecular weight excluding hydrogens is 336 g/mol. The van der Waals surface area contributed by atoms with Gasteiger partial charge in [0.1, 0.15) is 11.5 Å². The maximum Gasteiger partial charge on any atom is 0.270 e. The van der Waals surface area contributed by atoms with Gasteiger partial charge in [-0.3, -0.25) is 4.79 Å². The summed E-state index contributed by atoms with van der Waals surface area (Å²) < 4.78 is 3.99. The van der Waals surface area contributed by atoms with Crippen LogP contribution in [-0.2, 0) is 14.1 Å². The lowest BCUT2D eigenvalue weighted by Gasteiger charge is -2.31. The zero-order valence-electron chi connectivity index (χ0n) is 14.4. The molecule has 0 radical (unpaired) electrons. The summed E-state index contributed by atoms with van der Waals surface area (Å²) >= 11 is 6.30. The zero-order valence-corrected chi connectivity index (χ0v) is 15.2. The second-order valence-electron chi connectivity index (χ2n) is 6.73. The SMILES string of the molecule is Cn1ccnc1C1CCN(C(=O)c2cc3cccc(Cl)c3n2C)CC1. The molecule has 0 bridgehead atoms. The highest BCUT2D eigenvalue weighted by Gasteiger charge is 2.28. The summed E-state index contributed by atoms with van der Waals surface area (Å²) in [6.45, 7) is 1.51. The first kappa shape index (κ1) is 16.2. The molecule has 2 aromatic heterocycles. The molecule has 130 valence electrons. The van der Waals surface area contributed by atoms with Gasteiger partial charge >= 0.3 is 0 Å². The van der Waals surface area contributed by atoms with E-state index in [4.69, 9.17) is 11.6 Å². The number of hydrogen-bond donors (Lipinski definition) is 0. The number of aryl methyl sites for hydroxylation is 2. The number of amides is 1. The van der Waals surface area contributed by atoms with E-state index in [-0.39, 0.29) is 5.91 Å². The molecule has 1 fully saturated rings. The van der Waals surface area contributed by atoms with Crippen molar-refractivity contribution in [1.82, 2.24) is 19.0 Å². The molecule has 6 heteroatoms. The van der Waals surface area contributed by atoms with Gasteiger partial charge in [0.05, 0.1) is 10.5 Å². The Morgan fingerprint density at radius 3 is 2.64 bits per heavy atom. The Balaban J connectivity index is 1.54. The molecule has 1 amide bonds. The van der Waals surface area contributed by atoms with Gasteiger partial charge in [0, 0.05) is 50.9 Å². The minimum atomic E-state index is 0.0769.